The highest BCUT2D eigenvalue weighted by Gasteiger charge is 2.40. The van der Waals surface area contributed by atoms with Crippen molar-refractivity contribution in [1.29, 1.82) is 5.26 Å². The molecule has 2 aromatic heterocycles. The number of rotatable bonds is 5. The minimum absolute atomic E-state index is 0.0304. The molecule has 10 nitrogen and oxygen atoms in total. The molecular formula is C21H27N7O3S. The van der Waals surface area contributed by atoms with Gasteiger partial charge in [0.2, 0.25) is 5.95 Å². The van der Waals surface area contributed by atoms with Gasteiger partial charge in [-0.1, -0.05) is 12.8 Å². The summed E-state index contributed by atoms with van der Waals surface area (Å²) in [5.74, 6) is 0.270. The Morgan fingerprint density at radius 1 is 1.06 bits per heavy atom. The van der Waals surface area contributed by atoms with Crippen molar-refractivity contribution in [2.24, 2.45) is 5.92 Å². The third-order valence-corrected chi connectivity index (χ3v) is 8.80. The predicted molar refractivity (Wildman–Crippen MR) is 119 cm³/mol. The van der Waals surface area contributed by atoms with E-state index < -0.39 is 10.2 Å². The maximum absolute atomic E-state index is 12.7. The number of hydrogen-bond acceptors (Lipinski definition) is 7. The number of nitriles is 1. The molecule has 0 amide bonds. The molecule has 5 rings (SSSR count). The minimum Gasteiger partial charge on any atom is -0.351 e. The van der Waals surface area contributed by atoms with Crippen LogP contribution in [0.25, 0.3) is 11.0 Å². The number of fused-ring (bicyclic) bond motifs is 1. The molecule has 4 heterocycles. The van der Waals surface area contributed by atoms with Gasteiger partial charge in [-0.2, -0.15) is 27.3 Å². The van der Waals surface area contributed by atoms with E-state index in [-0.39, 0.29) is 36.7 Å². The average molecular weight is 458 g/mol. The van der Waals surface area contributed by atoms with Gasteiger partial charge in [0, 0.05) is 55.9 Å². The molecule has 3 fully saturated rings. The lowest BCUT2D eigenvalue weighted by Crippen LogP contribution is -2.56. The van der Waals surface area contributed by atoms with Crippen molar-refractivity contribution in [2.45, 2.75) is 50.6 Å². The van der Waals surface area contributed by atoms with Gasteiger partial charge in [0.15, 0.2) is 0 Å². The minimum atomic E-state index is -3.49. The summed E-state index contributed by atoms with van der Waals surface area (Å²) in [6.07, 6.45) is 7.25. The lowest BCUT2D eigenvalue weighted by atomic mass is 10.1. The van der Waals surface area contributed by atoms with Crippen LogP contribution in [0.3, 0.4) is 0 Å². The van der Waals surface area contributed by atoms with Gasteiger partial charge in [-0.05, 0) is 31.7 Å². The third kappa shape index (κ3) is 3.87. The molecule has 1 aliphatic carbocycles. The van der Waals surface area contributed by atoms with Crippen LogP contribution in [-0.2, 0) is 10.2 Å². The second-order valence-corrected chi connectivity index (χ2v) is 10.8. The summed E-state index contributed by atoms with van der Waals surface area (Å²) in [7, 11) is -3.49. The first-order valence-corrected chi connectivity index (χ1v) is 12.6. The molecule has 1 saturated carbocycles. The monoisotopic (exact) mass is 457 g/mol. The van der Waals surface area contributed by atoms with E-state index in [1.807, 2.05) is 4.57 Å². The van der Waals surface area contributed by atoms with Gasteiger partial charge in [0.25, 0.3) is 15.8 Å². The first-order valence-electron chi connectivity index (χ1n) is 11.3. The quantitative estimate of drug-likeness (QED) is 0.721. The van der Waals surface area contributed by atoms with E-state index in [1.165, 1.54) is 8.61 Å². The van der Waals surface area contributed by atoms with E-state index in [1.54, 1.807) is 18.3 Å². The summed E-state index contributed by atoms with van der Waals surface area (Å²) in [5.41, 5.74) is 0.629. The molecule has 170 valence electrons. The molecule has 3 aliphatic rings. The molecule has 0 bridgehead atoms. The number of nitrogens with zero attached hydrogens (tertiary/aromatic N) is 6. The second-order valence-electron chi connectivity index (χ2n) is 8.92. The Labute approximate surface area is 187 Å². The average Bonchev–Trinajstić information content (AvgIpc) is 3.27. The van der Waals surface area contributed by atoms with Crippen LogP contribution in [0.4, 0.5) is 5.95 Å². The van der Waals surface area contributed by atoms with E-state index in [0.29, 0.717) is 37.5 Å². The molecule has 2 aliphatic heterocycles. The first-order chi connectivity index (χ1) is 15.5. The number of nitrogens with one attached hydrogen (secondary N) is 1. The molecule has 2 aromatic rings. The van der Waals surface area contributed by atoms with Crippen molar-refractivity contribution in [1.82, 2.24) is 23.1 Å². The SMILES string of the molecule is N#CC1CN(S(=O)(=O)N2CCC(Nc3ncc4ccc(=O)n(C5CCCC5)c4n3)CC2)C1. The topological polar surface area (TPSA) is 124 Å². The number of anilines is 1. The summed E-state index contributed by atoms with van der Waals surface area (Å²) in [6, 6.07) is 5.70. The van der Waals surface area contributed by atoms with Gasteiger partial charge in [-0.25, -0.2) is 4.98 Å². The summed E-state index contributed by atoms with van der Waals surface area (Å²) in [5, 5.41) is 13.1. The summed E-state index contributed by atoms with van der Waals surface area (Å²) in [6.45, 7) is 1.39. The zero-order valence-corrected chi connectivity index (χ0v) is 18.7. The van der Waals surface area contributed by atoms with E-state index in [4.69, 9.17) is 5.26 Å². The van der Waals surface area contributed by atoms with Crippen molar-refractivity contribution in [3.8, 4) is 6.07 Å². The van der Waals surface area contributed by atoms with Crippen molar-refractivity contribution < 1.29 is 8.42 Å². The van der Waals surface area contributed by atoms with E-state index in [2.05, 4.69) is 21.4 Å². The van der Waals surface area contributed by atoms with Gasteiger partial charge in [-0.15, -0.1) is 0 Å². The van der Waals surface area contributed by atoms with Crippen LogP contribution in [0.15, 0.2) is 23.1 Å². The van der Waals surface area contributed by atoms with E-state index >= 15 is 0 Å². The van der Waals surface area contributed by atoms with Crippen LogP contribution >= 0.6 is 0 Å². The number of aromatic nitrogens is 3. The smallest absolute Gasteiger partial charge is 0.282 e. The van der Waals surface area contributed by atoms with Crippen LogP contribution in [0.1, 0.15) is 44.6 Å². The fourth-order valence-corrected chi connectivity index (χ4v) is 6.64. The fourth-order valence-electron chi connectivity index (χ4n) is 4.91. The number of hydrogen-bond donors (Lipinski definition) is 1. The summed E-state index contributed by atoms with van der Waals surface area (Å²) >= 11 is 0. The third-order valence-electron chi connectivity index (χ3n) is 6.83. The zero-order valence-electron chi connectivity index (χ0n) is 17.9. The number of piperidine rings is 1. The van der Waals surface area contributed by atoms with Crippen LogP contribution in [0.5, 0.6) is 0 Å². The number of pyridine rings is 1. The van der Waals surface area contributed by atoms with Gasteiger partial charge >= 0.3 is 0 Å². The van der Waals surface area contributed by atoms with Gasteiger partial charge < -0.3 is 5.32 Å². The molecule has 32 heavy (non-hydrogen) atoms. The Morgan fingerprint density at radius 3 is 2.47 bits per heavy atom. The van der Waals surface area contributed by atoms with Crippen LogP contribution in [0.2, 0.25) is 0 Å². The second kappa shape index (κ2) is 8.42. The Morgan fingerprint density at radius 2 is 1.78 bits per heavy atom. The Balaban J connectivity index is 1.27. The maximum atomic E-state index is 12.7. The van der Waals surface area contributed by atoms with Gasteiger partial charge in [0.05, 0.1) is 12.0 Å². The highest BCUT2D eigenvalue weighted by molar-refractivity contribution is 7.86. The Bertz CT molecular complexity index is 1200. The van der Waals surface area contributed by atoms with Crippen LogP contribution in [-0.4, -0.2) is 63.8 Å². The highest BCUT2D eigenvalue weighted by Crippen LogP contribution is 2.30. The molecule has 0 aromatic carbocycles. The van der Waals surface area contributed by atoms with E-state index in [0.717, 1.165) is 31.1 Å². The Kier molecular flexibility index (Phi) is 5.61. The molecule has 11 heteroatoms. The Hall–Kier alpha value is -2.55. The van der Waals surface area contributed by atoms with Crippen LogP contribution in [0, 0.1) is 17.2 Å². The lowest BCUT2D eigenvalue weighted by molar-refractivity contribution is 0.216. The standard InChI is InChI=1S/C21H27N7O3S/c22-11-15-13-27(14-15)32(30,31)26-9-7-17(8-10-26)24-21-23-12-16-5-6-19(29)28(20(16)25-21)18-3-1-2-4-18/h5-6,12,15,17-18H,1-4,7-10,13-14H2,(H,23,24,25). The molecule has 0 spiro atoms. The predicted octanol–water partition coefficient (Wildman–Crippen LogP) is 1.48. The van der Waals surface area contributed by atoms with Crippen molar-refractivity contribution in [3.05, 3.63) is 28.7 Å². The lowest BCUT2D eigenvalue weighted by Gasteiger charge is -2.40. The van der Waals surface area contributed by atoms with Gasteiger partial charge in [0.1, 0.15) is 5.65 Å². The first kappa shape index (κ1) is 21.3. The van der Waals surface area contributed by atoms with Gasteiger partial charge in [-0.3, -0.25) is 9.36 Å². The summed E-state index contributed by atoms with van der Waals surface area (Å²) < 4.78 is 30.1. The molecule has 2 saturated heterocycles. The van der Waals surface area contributed by atoms with Crippen molar-refractivity contribution in [3.63, 3.8) is 0 Å². The zero-order chi connectivity index (χ0) is 22.3. The molecular weight excluding hydrogens is 430 g/mol. The normalized spacial score (nSPS) is 22.1. The maximum Gasteiger partial charge on any atom is 0.282 e. The largest absolute Gasteiger partial charge is 0.351 e. The summed E-state index contributed by atoms with van der Waals surface area (Å²) in [4.78, 5) is 21.7. The fraction of sp³-hybridized carbons (Fsp3) is 0.619. The van der Waals surface area contributed by atoms with Crippen molar-refractivity contribution in [2.75, 3.05) is 31.5 Å². The highest BCUT2D eigenvalue weighted by atomic mass is 32.2. The molecule has 0 atom stereocenters. The molecule has 0 radical (unpaired) electrons. The van der Waals surface area contributed by atoms with E-state index in [9.17, 15) is 13.2 Å². The molecule has 0 unspecified atom stereocenters. The van der Waals surface area contributed by atoms with Crippen LogP contribution < -0.4 is 10.9 Å². The van der Waals surface area contributed by atoms with Crippen molar-refractivity contribution >= 4 is 27.2 Å². The molecule has 1 N–H and O–H groups in total.